The Bertz CT molecular complexity index is 785. The molecule has 29 heavy (non-hydrogen) atoms. The van der Waals surface area contributed by atoms with Crippen molar-refractivity contribution in [1.82, 2.24) is 25.4 Å². The van der Waals surface area contributed by atoms with Crippen molar-refractivity contribution in [3.63, 3.8) is 0 Å². The van der Waals surface area contributed by atoms with E-state index in [-0.39, 0.29) is 29.8 Å². The summed E-state index contributed by atoms with van der Waals surface area (Å²) in [6.45, 7) is 11.1. The van der Waals surface area contributed by atoms with E-state index in [9.17, 15) is 4.39 Å². The van der Waals surface area contributed by atoms with Gasteiger partial charge in [-0.2, -0.15) is 0 Å². The van der Waals surface area contributed by atoms with Crippen LogP contribution in [-0.2, 0) is 6.42 Å². The molecule has 1 aromatic carbocycles. The summed E-state index contributed by atoms with van der Waals surface area (Å²) in [5.74, 6) is 0.642. The van der Waals surface area contributed by atoms with Crippen LogP contribution in [0.5, 0.6) is 0 Å². The van der Waals surface area contributed by atoms with Gasteiger partial charge < -0.3 is 20.5 Å². The zero-order valence-electron chi connectivity index (χ0n) is 17.7. The lowest BCUT2D eigenvalue weighted by molar-refractivity contribution is 0.122. The third-order valence-electron chi connectivity index (χ3n) is 5.44. The molecule has 3 N–H and O–H groups in total. The highest BCUT2D eigenvalue weighted by atomic mass is 127. The first-order valence-electron chi connectivity index (χ1n) is 10.3. The van der Waals surface area contributed by atoms with Crippen LogP contribution < -0.4 is 10.6 Å². The molecule has 0 saturated carbocycles. The van der Waals surface area contributed by atoms with Crippen molar-refractivity contribution >= 4 is 40.8 Å². The van der Waals surface area contributed by atoms with Crippen molar-refractivity contribution in [2.24, 2.45) is 4.99 Å². The molecule has 1 aliphatic heterocycles. The number of H-pyrrole nitrogens is 1. The lowest BCUT2D eigenvalue weighted by atomic mass is 10.1. The summed E-state index contributed by atoms with van der Waals surface area (Å²) in [7, 11) is 2.18. The van der Waals surface area contributed by atoms with Gasteiger partial charge in [0.1, 0.15) is 5.82 Å². The fourth-order valence-corrected chi connectivity index (χ4v) is 3.62. The van der Waals surface area contributed by atoms with Gasteiger partial charge in [0, 0.05) is 62.4 Å². The monoisotopic (exact) mass is 516 g/mol. The second kappa shape index (κ2) is 11.7. The molecule has 0 amide bonds. The third-order valence-corrected chi connectivity index (χ3v) is 5.44. The highest BCUT2D eigenvalue weighted by molar-refractivity contribution is 14.0. The standard InChI is InChI=1S/C21H33FN6.HI/c1-4-23-21(26-14-16(2)28-11-9-27(3)10-12-28)24-8-7-17-15-25-20-6-5-18(22)13-19(17)20;/h5-6,13,15-16,25H,4,7-12,14H2,1-3H3,(H2,23,24,26);1H. The van der Waals surface area contributed by atoms with Crippen LogP contribution in [0.25, 0.3) is 10.9 Å². The molecule has 8 heteroatoms. The average molecular weight is 516 g/mol. The van der Waals surface area contributed by atoms with E-state index in [0.29, 0.717) is 6.04 Å². The number of rotatable bonds is 7. The number of nitrogens with one attached hydrogen (secondary N) is 3. The molecule has 2 heterocycles. The Hall–Kier alpha value is -1.39. The number of halogens is 2. The molecular formula is C21H34FIN6. The van der Waals surface area contributed by atoms with Gasteiger partial charge in [-0.25, -0.2) is 4.39 Å². The van der Waals surface area contributed by atoms with E-state index in [1.807, 2.05) is 6.20 Å². The number of aromatic amines is 1. The summed E-state index contributed by atoms with van der Waals surface area (Å²) >= 11 is 0. The predicted octanol–water partition coefficient (Wildman–Crippen LogP) is 2.66. The summed E-state index contributed by atoms with van der Waals surface area (Å²) in [6, 6.07) is 5.30. The van der Waals surface area contributed by atoms with E-state index < -0.39 is 0 Å². The second-order valence-corrected chi connectivity index (χ2v) is 7.59. The van der Waals surface area contributed by atoms with E-state index in [2.05, 4.69) is 46.3 Å². The van der Waals surface area contributed by atoms with E-state index in [0.717, 1.165) is 74.7 Å². The minimum absolute atomic E-state index is 0. The van der Waals surface area contributed by atoms with Crippen LogP contribution in [-0.4, -0.2) is 79.6 Å². The Kier molecular flexibility index (Phi) is 9.64. The molecule has 1 atom stereocenters. The normalized spacial score (nSPS) is 17.2. The predicted molar refractivity (Wildman–Crippen MR) is 130 cm³/mol. The number of nitrogens with zero attached hydrogens (tertiary/aromatic N) is 3. The summed E-state index contributed by atoms with van der Waals surface area (Å²) in [5.41, 5.74) is 2.08. The molecule has 1 saturated heterocycles. The van der Waals surface area contributed by atoms with Crippen molar-refractivity contribution in [2.45, 2.75) is 26.3 Å². The molecule has 1 fully saturated rings. The number of aliphatic imine (C=N–C) groups is 1. The Morgan fingerprint density at radius 1 is 1.24 bits per heavy atom. The van der Waals surface area contributed by atoms with Gasteiger partial charge in [-0.1, -0.05) is 0 Å². The number of aromatic nitrogens is 1. The molecule has 0 spiro atoms. The molecule has 1 aliphatic rings. The molecule has 3 rings (SSSR count). The number of benzene rings is 1. The van der Waals surface area contributed by atoms with Crippen molar-refractivity contribution in [1.29, 1.82) is 0 Å². The highest BCUT2D eigenvalue weighted by Crippen LogP contribution is 2.19. The van der Waals surface area contributed by atoms with Gasteiger partial charge in [0.25, 0.3) is 0 Å². The molecule has 0 radical (unpaired) electrons. The number of fused-ring (bicyclic) bond motifs is 1. The minimum atomic E-state index is -0.200. The first kappa shape index (κ1) is 23.9. The third kappa shape index (κ3) is 6.82. The first-order valence-corrected chi connectivity index (χ1v) is 10.3. The molecule has 1 aromatic heterocycles. The maximum atomic E-state index is 13.5. The molecular weight excluding hydrogens is 482 g/mol. The summed E-state index contributed by atoms with van der Waals surface area (Å²) in [6.07, 6.45) is 2.77. The van der Waals surface area contributed by atoms with Crippen LogP contribution in [0.4, 0.5) is 4.39 Å². The topological polar surface area (TPSA) is 58.7 Å². The molecule has 1 unspecified atom stereocenters. The number of hydrogen-bond donors (Lipinski definition) is 3. The maximum Gasteiger partial charge on any atom is 0.191 e. The van der Waals surface area contributed by atoms with Crippen molar-refractivity contribution < 1.29 is 4.39 Å². The Morgan fingerprint density at radius 3 is 2.72 bits per heavy atom. The Balaban J connectivity index is 0.00000300. The quantitative estimate of drug-likeness (QED) is 0.301. The SMILES string of the molecule is CCNC(=NCC(C)N1CCN(C)CC1)NCCc1c[nH]c2ccc(F)cc12.I. The van der Waals surface area contributed by atoms with Crippen LogP contribution in [0.2, 0.25) is 0 Å². The van der Waals surface area contributed by atoms with Crippen molar-refractivity contribution in [2.75, 3.05) is 52.9 Å². The summed E-state index contributed by atoms with van der Waals surface area (Å²) < 4.78 is 13.5. The van der Waals surface area contributed by atoms with E-state index >= 15 is 0 Å². The van der Waals surface area contributed by atoms with Gasteiger partial charge in [0.05, 0.1) is 6.54 Å². The Labute approximate surface area is 190 Å². The lowest BCUT2D eigenvalue weighted by Crippen LogP contribution is -2.49. The molecule has 0 bridgehead atoms. The van der Waals surface area contributed by atoms with Crippen LogP contribution >= 0.6 is 24.0 Å². The summed E-state index contributed by atoms with van der Waals surface area (Å²) in [5, 5.41) is 7.68. The lowest BCUT2D eigenvalue weighted by Gasteiger charge is -2.35. The maximum absolute atomic E-state index is 13.5. The van der Waals surface area contributed by atoms with Crippen LogP contribution in [0.1, 0.15) is 19.4 Å². The highest BCUT2D eigenvalue weighted by Gasteiger charge is 2.18. The number of hydrogen-bond acceptors (Lipinski definition) is 3. The molecule has 6 nitrogen and oxygen atoms in total. The number of likely N-dealkylation sites (N-methyl/N-ethyl adjacent to an activating group) is 1. The first-order chi connectivity index (χ1) is 13.6. The van der Waals surface area contributed by atoms with Gasteiger partial charge in [0.2, 0.25) is 0 Å². The van der Waals surface area contributed by atoms with Crippen LogP contribution in [0.15, 0.2) is 29.4 Å². The fourth-order valence-electron chi connectivity index (χ4n) is 3.62. The molecule has 0 aliphatic carbocycles. The van der Waals surface area contributed by atoms with Crippen LogP contribution in [0.3, 0.4) is 0 Å². The average Bonchev–Trinajstić information content (AvgIpc) is 3.08. The second-order valence-electron chi connectivity index (χ2n) is 7.59. The fraction of sp³-hybridized carbons (Fsp3) is 0.571. The smallest absolute Gasteiger partial charge is 0.191 e. The minimum Gasteiger partial charge on any atom is -0.361 e. The largest absolute Gasteiger partial charge is 0.361 e. The van der Waals surface area contributed by atoms with Gasteiger partial charge in [-0.15, -0.1) is 24.0 Å². The van der Waals surface area contributed by atoms with Gasteiger partial charge in [-0.05, 0) is 51.1 Å². The summed E-state index contributed by atoms with van der Waals surface area (Å²) in [4.78, 5) is 12.9. The van der Waals surface area contributed by atoms with Gasteiger partial charge in [-0.3, -0.25) is 9.89 Å². The van der Waals surface area contributed by atoms with Gasteiger partial charge in [0.15, 0.2) is 5.96 Å². The van der Waals surface area contributed by atoms with Crippen LogP contribution in [0, 0.1) is 5.82 Å². The zero-order chi connectivity index (χ0) is 19.9. The number of piperazine rings is 1. The van der Waals surface area contributed by atoms with Gasteiger partial charge >= 0.3 is 0 Å². The molecule has 2 aromatic rings. The number of guanidine groups is 1. The Morgan fingerprint density at radius 2 is 2.00 bits per heavy atom. The van der Waals surface area contributed by atoms with Crippen molar-refractivity contribution in [3.05, 3.63) is 35.8 Å². The molecule has 162 valence electrons. The van der Waals surface area contributed by atoms with E-state index in [1.165, 1.54) is 6.07 Å². The van der Waals surface area contributed by atoms with E-state index in [4.69, 9.17) is 4.99 Å². The van der Waals surface area contributed by atoms with E-state index in [1.54, 1.807) is 12.1 Å². The zero-order valence-corrected chi connectivity index (χ0v) is 20.0. The van der Waals surface area contributed by atoms with Crippen molar-refractivity contribution in [3.8, 4) is 0 Å².